The topological polar surface area (TPSA) is 0 Å². The maximum absolute atomic E-state index is 2.25. The standard InChI is InChI=1S/C26H18.C13H10.2C6H6.9C2H6/c1-3-11-19(12-4-1)25-21-15-7-9-17-23(21)26(20-13-5-2-6-14-20)24-18-10-8-16-22(24)25;1-3-7-12-10(5-1)9-11-6-2-4-8-13(11)12;2*1-2-4-6-5-3-1;9*1-2/h1-18H;1-8H,9H2;2*1-6H;9*1-2H3. The molecule has 69 heavy (non-hydrogen) atoms. The van der Waals surface area contributed by atoms with E-state index >= 15 is 0 Å². The minimum Gasteiger partial charge on any atom is -0.0683 e. The lowest BCUT2D eigenvalue weighted by atomic mass is 9.86. The predicted molar refractivity (Wildman–Crippen MR) is 322 cm³/mol. The van der Waals surface area contributed by atoms with Gasteiger partial charge in [-0.3, -0.25) is 0 Å². The van der Waals surface area contributed by atoms with E-state index in [1.807, 2.05) is 197 Å². The van der Waals surface area contributed by atoms with Crippen LogP contribution in [0, 0.1) is 0 Å². The fourth-order valence-corrected chi connectivity index (χ4v) is 6.81. The summed E-state index contributed by atoms with van der Waals surface area (Å²) in [5, 5.41) is 5.21. The van der Waals surface area contributed by atoms with Crippen LogP contribution < -0.4 is 0 Å². The summed E-state index contributed by atoms with van der Waals surface area (Å²) in [5.41, 5.74) is 10.9. The first-order valence-electron chi connectivity index (χ1n) is 26.6. The van der Waals surface area contributed by atoms with Gasteiger partial charge in [-0.2, -0.15) is 0 Å². The Morgan fingerprint density at radius 1 is 0.188 bits per heavy atom. The Balaban J connectivity index is -0.000000852. The summed E-state index contributed by atoms with van der Waals surface area (Å²) >= 11 is 0. The van der Waals surface area contributed by atoms with Gasteiger partial charge in [-0.25, -0.2) is 0 Å². The summed E-state index contributed by atoms with van der Waals surface area (Å²) in [6.45, 7) is 36.0. The third-order valence-electron chi connectivity index (χ3n) is 9.10. The van der Waals surface area contributed by atoms with E-state index in [0.29, 0.717) is 0 Å². The summed E-state index contributed by atoms with van der Waals surface area (Å²) in [6.07, 6.45) is 1.10. The lowest BCUT2D eigenvalue weighted by molar-refractivity contribution is 1.26. The molecule has 370 valence electrons. The molecule has 0 heteroatoms. The Labute approximate surface area is 425 Å². The van der Waals surface area contributed by atoms with Crippen molar-refractivity contribution in [1.29, 1.82) is 0 Å². The molecule has 0 spiro atoms. The van der Waals surface area contributed by atoms with Crippen molar-refractivity contribution in [3.8, 4) is 33.4 Å². The van der Waals surface area contributed by atoms with Crippen LogP contribution in [0.1, 0.15) is 136 Å². The minimum atomic E-state index is 1.10. The van der Waals surface area contributed by atoms with Crippen molar-refractivity contribution in [2.45, 2.75) is 131 Å². The average Bonchev–Trinajstić information content (AvgIpc) is 3.88. The molecule has 9 aromatic carbocycles. The van der Waals surface area contributed by atoms with E-state index < -0.39 is 0 Å². The maximum Gasteiger partial charge on any atom is -0.00135 e. The molecule has 0 aliphatic heterocycles. The van der Waals surface area contributed by atoms with Crippen LogP contribution in [0.25, 0.3) is 54.9 Å². The van der Waals surface area contributed by atoms with Crippen molar-refractivity contribution in [3.63, 3.8) is 0 Å². The molecule has 0 N–H and O–H groups in total. The lowest BCUT2D eigenvalue weighted by Gasteiger charge is -2.17. The SMILES string of the molecule is CC.CC.CC.CC.CC.CC.CC.CC.CC.c1ccc(-c2c3ccccc3c(-c3ccccc3)c3ccccc23)cc1.c1ccc2c(c1)Cc1ccccc1-2.c1ccccc1.c1ccccc1. The van der Waals surface area contributed by atoms with Crippen molar-refractivity contribution in [2.75, 3.05) is 0 Å². The molecule has 0 saturated carbocycles. The van der Waals surface area contributed by atoms with Crippen LogP contribution in [0.15, 0.2) is 231 Å². The molecule has 0 radical (unpaired) electrons. The monoisotopic (exact) mass is 923 g/mol. The largest absolute Gasteiger partial charge is 0.0683 e. The summed E-state index contributed by atoms with van der Waals surface area (Å²) in [7, 11) is 0. The van der Waals surface area contributed by atoms with Gasteiger partial charge in [0, 0.05) is 0 Å². The van der Waals surface area contributed by atoms with Crippen molar-refractivity contribution in [2.24, 2.45) is 0 Å². The van der Waals surface area contributed by atoms with Crippen LogP contribution >= 0.6 is 0 Å². The fourth-order valence-electron chi connectivity index (χ4n) is 6.81. The Morgan fingerprint density at radius 3 is 0.594 bits per heavy atom. The van der Waals surface area contributed by atoms with E-state index in [4.69, 9.17) is 0 Å². The van der Waals surface area contributed by atoms with E-state index in [9.17, 15) is 0 Å². The van der Waals surface area contributed by atoms with Crippen LogP contribution in [0.5, 0.6) is 0 Å². The van der Waals surface area contributed by atoms with Crippen LogP contribution in [0.4, 0.5) is 0 Å². The molecule has 1 aliphatic carbocycles. The first kappa shape index (κ1) is 66.8. The highest BCUT2D eigenvalue weighted by atomic mass is 14.2. The molecule has 0 unspecified atom stereocenters. The first-order chi connectivity index (χ1) is 34.4. The number of benzene rings is 9. The molecule has 0 bridgehead atoms. The number of hydrogen-bond acceptors (Lipinski definition) is 0. The number of hydrogen-bond donors (Lipinski definition) is 0. The molecule has 0 heterocycles. The summed E-state index contributed by atoms with van der Waals surface area (Å²) in [5.74, 6) is 0. The van der Waals surface area contributed by atoms with Gasteiger partial charge in [0.25, 0.3) is 0 Å². The van der Waals surface area contributed by atoms with E-state index in [-0.39, 0.29) is 0 Å². The zero-order valence-electron chi connectivity index (χ0n) is 46.6. The van der Waals surface area contributed by atoms with E-state index in [2.05, 4.69) is 158 Å². The van der Waals surface area contributed by atoms with Gasteiger partial charge in [0.1, 0.15) is 0 Å². The zero-order chi connectivity index (χ0) is 52.5. The molecule has 0 atom stereocenters. The Bertz CT molecular complexity index is 2130. The van der Waals surface area contributed by atoms with Gasteiger partial charge in [0.15, 0.2) is 0 Å². The van der Waals surface area contributed by atoms with Crippen molar-refractivity contribution >= 4 is 21.5 Å². The van der Waals surface area contributed by atoms with Crippen LogP contribution in [0.2, 0.25) is 0 Å². The van der Waals surface area contributed by atoms with Gasteiger partial charge in [0.2, 0.25) is 0 Å². The van der Waals surface area contributed by atoms with Crippen molar-refractivity contribution < 1.29 is 0 Å². The Kier molecular flexibility index (Phi) is 46.4. The third kappa shape index (κ3) is 22.9. The molecule has 9 aromatic rings. The lowest BCUT2D eigenvalue weighted by Crippen LogP contribution is -1.90. The fraction of sp³-hybridized carbons (Fsp3) is 0.275. The average molecular weight is 924 g/mol. The highest BCUT2D eigenvalue weighted by Gasteiger charge is 2.17. The quantitative estimate of drug-likeness (QED) is 0.152. The van der Waals surface area contributed by atoms with E-state index in [1.165, 1.54) is 66.1 Å². The van der Waals surface area contributed by atoms with Gasteiger partial charge in [-0.15, -0.1) is 0 Å². The normalized spacial score (nSPS) is 8.67. The van der Waals surface area contributed by atoms with E-state index in [1.54, 1.807) is 0 Å². The number of fused-ring (bicyclic) bond motifs is 5. The van der Waals surface area contributed by atoms with E-state index in [0.717, 1.165) is 6.42 Å². The molecule has 0 fully saturated rings. The van der Waals surface area contributed by atoms with Gasteiger partial charge in [-0.1, -0.05) is 355 Å². The first-order valence-corrected chi connectivity index (χ1v) is 26.6. The second-order valence-electron chi connectivity index (χ2n) is 12.4. The van der Waals surface area contributed by atoms with Gasteiger partial charge < -0.3 is 0 Å². The van der Waals surface area contributed by atoms with Gasteiger partial charge >= 0.3 is 0 Å². The minimum absolute atomic E-state index is 1.10. The van der Waals surface area contributed by atoms with Gasteiger partial charge in [0.05, 0.1) is 0 Å². The van der Waals surface area contributed by atoms with Crippen LogP contribution in [-0.4, -0.2) is 0 Å². The summed E-state index contributed by atoms with van der Waals surface area (Å²) in [4.78, 5) is 0. The van der Waals surface area contributed by atoms with Crippen LogP contribution in [0.3, 0.4) is 0 Å². The molecule has 0 amide bonds. The molecule has 1 aliphatic rings. The number of rotatable bonds is 2. The van der Waals surface area contributed by atoms with Crippen molar-refractivity contribution in [3.05, 3.63) is 242 Å². The molecule has 0 aromatic heterocycles. The van der Waals surface area contributed by atoms with Crippen molar-refractivity contribution in [1.82, 2.24) is 0 Å². The highest BCUT2D eigenvalue weighted by Crippen LogP contribution is 2.43. The zero-order valence-corrected chi connectivity index (χ0v) is 46.6. The molecule has 10 rings (SSSR count). The van der Waals surface area contributed by atoms with Crippen LogP contribution in [-0.2, 0) is 6.42 Å². The Morgan fingerprint density at radius 2 is 0.362 bits per heavy atom. The summed E-state index contributed by atoms with van der Waals surface area (Å²) < 4.78 is 0. The predicted octanol–water partition coefficient (Wildman–Crippen LogP) is 23.2. The Hall–Kier alpha value is -6.50. The third-order valence-corrected chi connectivity index (χ3v) is 9.10. The smallest absolute Gasteiger partial charge is 0.00135 e. The summed E-state index contributed by atoms with van der Waals surface area (Å²) in [6, 6.07) is 80.3. The molecule has 0 saturated heterocycles. The molecular formula is C69H94. The molecular weight excluding hydrogens is 829 g/mol. The highest BCUT2D eigenvalue weighted by molar-refractivity contribution is 6.21. The second-order valence-corrected chi connectivity index (χ2v) is 12.4. The molecule has 0 nitrogen and oxygen atoms in total. The maximum atomic E-state index is 2.25. The van der Waals surface area contributed by atoms with Gasteiger partial charge in [-0.05, 0) is 72.5 Å². The second kappa shape index (κ2) is 48.0.